The number of para-hydroxylation sites is 2. The van der Waals surface area contributed by atoms with Crippen LogP contribution in [0.4, 0.5) is 10.5 Å². The molecule has 0 unspecified atom stereocenters. The van der Waals surface area contributed by atoms with Crippen molar-refractivity contribution in [3.8, 4) is 5.75 Å². The van der Waals surface area contributed by atoms with Crippen molar-refractivity contribution in [2.75, 3.05) is 31.1 Å². The minimum atomic E-state index is -0.269. The van der Waals surface area contributed by atoms with Crippen molar-refractivity contribution < 1.29 is 18.8 Å². The Hall–Kier alpha value is -3.31. The molecule has 5 heteroatoms. The van der Waals surface area contributed by atoms with E-state index in [1.807, 2.05) is 91.0 Å². The molecule has 3 saturated heterocycles. The standard InChI is InChI=1S/C29H33N2O3/c32-29(30(26-12-6-2-7-13-26)23-25-10-4-1-5-11-25)34-28-22-24-16-18-31(28,19-17-24)20-21-33-27-14-8-3-9-15-27/h1-15,24,28H,16-23H2/q+1/t24?,28-,31?/m1/s1. The normalized spacial score (nSPS) is 23.3. The molecule has 5 nitrogen and oxygen atoms in total. The summed E-state index contributed by atoms with van der Waals surface area (Å²) in [5.41, 5.74) is 1.93. The Morgan fingerprint density at radius 1 is 0.853 bits per heavy atom. The molecule has 0 spiro atoms. The number of anilines is 1. The molecular weight excluding hydrogens is 424 g/mol. The van der Waals surface area contributed by atoms with Crippen LogP contribution in [0.3, 0.4) is 0 Å². The van der Waals surface area contributed by atoms with E-state index in [2.05, 4.69) is 0 Å². The Bertz CT molecular complexity index is 1050. The second-order valence-corrected chi connectivity index (χ2v) is 9.48. The number of amides is 1. The third-order valence-electron chi connectivity index (χ3n) is 7.37. The van der Waals surface area contributed by atoms with Crippen molar-refractivity contribution in [2.24, 2.45) is 5.92 Å². The zero-order chi connectivity index (χ0) is 23.2. The zero-order valence-corrected chi connectivity index (χ0v) is 19.6. The van der Waals surface area contributed by atoms with Crippen LogP contribution in [0.25, 0.3) is 0 Å². The van der Waals surface area contributed by atoms with Gasteiger partial charge in [-0.15, -0.1) is 0 Å². The SMILES string of the molecule is O=C(O[C@@H]1CC2CC[N+]1(CCOc1ccccc1)CC2)N(Cc1ccccc1)c1ccccc1. The highest BCUT2D eigenvalue weighted by atomic mass is 16.6. The summed E-state index contributed by atoms with van der Waals surface area (Å²) in [6, 6.07) is 29.9. The Kier molecular flexibility index (Phi) is 6.82. The number of quaternary nitrogens is 1. The van der Waals surface area contributed by atoms with Crippen LogP contribution >= 0.6 is 0 Å². The topological polar surface area (TPSA) is 38.8 Å². The molecule has 3 fully saturated rings. The van der Waals surface area contributed by atoms with E-state index in [-0.39, 0.29) is 12.3 Å². The fourth-order valence-electron chi connectivity index (χ4n) is 5.37. The average Bonchev–Trinajstić information content (AvgIpc) is 2.90. The summed E-state index contributed by atoms with van der Waals surface area (Å²) in [5.74, 6) is 1.53. The molecule has 1 atom stereocenters. The van der Waals surface area contributed by atoms with E-state index in [0.717, 1.165) is 47.5 Å². The fraction of sp³-hybridized carbons (Fsp3) is 0.345. The van der Waals surface area contributed by atoms with Gasteiger partial charge in [0.25, 0.3) is 0 Å². The van der Waals surface area contributed by atoms with E-state index in [0.29, 0.717) is 19.1 Å². The van der Waals surface area contributed by atoms with Gasteiger partial charge < -0.3 is 9.47 Å². The number of ether oxygens (including phenoxy) is 2. The molecule has 1 amide bonds. The molecule has 3 aliphatic rings. The Labute approximate surface area is 202 Å². The molecule has 176 valence electrons. The summed E-state index contributed by atoms with van der Waals surface area (Å²) in [7, 11) is 0. The van der Waals surface area contributed by atoms with Crippen molar-refractivity contribution in [3.63, 3.8) is 0 Å². The second-order valence-electron chi connectivity index (χ2n) is 9.48. The molecule has 6 rings (SSSR count). The van der Waals surface area contributed by atoms with E-state index in [9.17, 15) is 4.79 Å². The van der Waals surface area contributed by atoms with Crippen molar-refractivity contribution in [3.05, 3.63) is 96.6 Å². The lowest BCUT2D eigenvalue weighted by Crippen LogP contribution is -2.66. The van der Waals surface area contributed by atoms with Crippen molar-refractivity contribution in [1.82, 2.24) is 0 Å². The lowest BCUT2D eigenvalue weighted by Gasteiger charge is -2.53. The average molecular weight is 458 g/mol. The van der Waals surface area contributed by atoms with Crippen molar-refractivity contribution in [1.29, 1.82) is 0 Å². The van der Waals surface area contributed by atoms with Crippen LogP contribution in [-0.2, 0) is 11.3 Å². The van der Waals surface area contributed by atoms with Crippen LogP contribution in [0.15, 0.2) is 91.0 Å². The molecule has 0 saturated carbocycles. The number of rotatable bonds is 8. The van der Waals surface area contributed by atoms with Gasteiger partial charge in [-0.3, -0.25) is 9.38 Å². The van der Waals surface area contributed by atoms with Crippen LogP contribution < -0.4 is 9.64 Å². The molecule has 34 heavy (non-hydrogen) atoms. The van der Waals surface area contributed by atoms with Gasteiger partial charge in [-0.05, 0) is 35.7 Å². The zero-order valence-electron chi connectivity index (χ0n) is 19.6. The highest BCUT2D eigenvalue weighted by Crippen LogP contribution is 2.39. The molecule has 0 N–H and O–H groups in total. The minimum Gasteiger partial charge on any atom is -0.488 e. The van der Waals surface area contributed by atoms with Gasteiger partial charge in [0.15, 0.2) is 0 Å². The third kappa shape index (κ3) is 5.10. The summed E-state index contributed by atoms with van der Waals surface area (Å²) in [4.78, 5) is 15.4. The Morgan fingerprint density at radius 2 is 1.47 bits per heavy atom. The maximum Gasteiger partial charge on any atom is 0.419 e. The minimum absolute atomic E-state index is 0.124. The third-order valence-corrected chi connectivity index (χ3v) is 7.37. The molecule has 3 aromatic carbocycles. The highest BCUT2D eigenvalue weighted by molar-refractivity contribution is 5.87. The smallest absolute Gasteiger partial charge is 0.419 e. The van der Waals surface area contributed by atoms with Gasteiger partial charge in [-0.1, -0.05) is 66.7 Å². The number of nitrogens with zero attached hydrogens (tertiary/aromatic N) is 2. The monoisotopic (exact) mass is 457 g/mol. The summed E-state index contributed by atoms with van der Waals surface area (Å²) in [6.45, 7) is 4.05. The first-order valence-corrected chi connectivity index (χ1v) is 12.3. The van der Waals surface area contributed by atoms with Gasteiger partial charge in [-0.2, -0.15) is 0 Å². The van der Waals surface area contributed by atoms with Crippen molar-refractivity contribution in [2.45, 2.75) is 32.0 Å². The van der Waals surface area contributed by atoms with E-state index in [1.165, 1.54) is 12.8 Å². The lowest BCUT2D eigenvalue weighted by molar-refractivity contribution is -0.983. The molecule has 0 aromatic heterocycles. The van der Waals surface area contributed by atoms with Gasteiger partial charge in [0.05, 0.1) is 19.6 Å². The van der Waals surface area contributed by atoms with Crippen LogP contribution in [0.2, 0.25) is 0 Å². The highest BCUT2D eigenvalue weighted by Gasteiger charge is 2.49. The number of piperidine rings is 3. The number of fused-ring (bicyclic) bond motifs is 3. The lowest BCUT2D eigenvalue weighted by atomic mass is 9.84. The first kappa shape index (κ1) is 22.5. The Balaban J connectivity index is 1.31. The number of carbonyl (C=O) groups is 1. The van der Waals surface area contributed by atoms with E-state index >= 15 is 0 Å². The molecule has 3 heterocycles. The van der Waals surface area contributed by atoms with Gasteiger partial charge in [0.2, 0.25) is 6.23 Å². The number of carbonyl (C=O) groups excluding carboxylic acids is 1. The maximum atomic E-state index is 13.6. The predicted molar refractivity (Wildman–Crippen MR) is 133 cm³/mol. The molecule has 0 aliphatic carbocycles. The first-order valence-electron chi connectivity index (χ1n) is 12.3. The van der Waals surface area contributed by atoms with Crippen molar-refractivity contribution >= 4 is 11.8 Å². The quantitative estimate of drug-likeness (QED) is 0.398. The van der Waals surface area contributed by atoms with E-state index < -0.39 is 0 Å². The summed E-state index contributed by atoms with van der Waals surface area (Å²) >= 11 is 0. The molecular formula is C29H33N2O3+. The second kappa shape index (κ2) is 10.3. The van der Waals surface area contributed by atoms with E-state index in [1.54, 1.807) is 4.90 Å². The summed E-state index contributed by atoms with van der Waals surface area (Å²) in [5, 5.41) is 0. The van der Waals surface area contributed by atoms with Crippen LogP contribution in [0, 0.1) is 5.92 Å². The predicted octanol–water partition coefficient (Wildman–Crippen LogP) is 5.87. The van der Waals surface area contributed by atoms with Crippen LogP contribution in [0.1, 0.15) is 24.8 Å². The van der Waals surface area contributed by atoms with Gasteiger partial charge in [0.1, 0.15) is 18.9 Å². The number of hydrogen-bond acceptors (Lipinski definition) is 3. The maximum absolute atomic E-state index is 13.6. The Morgan fingerprint density at radius 3 is 2.15 bits per heavy atom. The summed E-state index contributed by atoms with van der Waals surface area (Å²) in [6.07, 6.45) is 2.94. The van der Waals surface area contributed by atoms with Gasteiger partial charge in [-0.25, -0.2) is 4.79 Å². The van der Waals surface area contributed by atoms with Gasteiger partial charge in [0, 0.05) is 24.9 Å². The molecule has 3 aliphatic heterocycles. The van der Waals surface area contributed by atoms with Gasteiger partial charge >= 0.3 is 6.09 Å². The number of benzene rings is 3. The fourth-order valence-corrected chi connectivity index (χ4v) is 5.37. The van der Waals surface area contributed by atoms with E-state index in [4.69, 9.17) is 9.47 Å². The first-order chi connectivity index (χ1) is 16.7. The largest absolute Gasteiger partial charge is 0.488 e. The molecule has 0 radical (unpaired) electrons. The molecule has 3 aromatic rings. The number of hydrogen-bond donors (Lipinski definition) is 0. The van der Waals surface area contributed by atoms with Crippen LogP contribution in [0.5, 0.6) is 5.75 Å². The summed E-state index contributed by atoms with van der Waals surface area (Å²) < 4.78 is 13.2. The van der Waals surface area contributed by atoms with Crippen LogP contribution in [-0.4, -0.2) is 43.0 Å². The molecule has 2 bridgehead atoms.